The van der Waals surface area contributed by atoms with Gasteiger partial charge in [-0.25, -0.2) is 9.37 Å². The monoisotopic (exact) mass is 367 g/mol. The summed E-state index contributed by atoms with van der Waals surface area (Å²) in [4.78, 5) is 16.7. The number of rotatable bonds is 4. The fourth-order valence-corrected chi connectivity index (χ4v) is 3.05. The highest BCUT2D eigenvalue weighted by Crippen LogP contribution is 2.23. The Morgan fingerprint density at radius 2 is 2.04 bits per heavy atom. The Labute approximate surface area is 155 Å². The lowest BCUT2D eigenvalue weighted by Crippen LogP contribution is -2.23. The van der Waals surface area contributed by atoms with Gasteiger partial charge in [-0.3, -0.25) is 4.79 Å². The van der Waals surface area contributed by atoms with E-state index in [2.05, 4.69) is 20.5 Å². The summed E-state index contributed by atoms with van der Waals surface area (Å²) >= 11 is 0. The number of aromatic nitrogens is 4. The number of anilines is 1. The summed E-state index contributed by atoms with van der Waals surface area (Å²) in [6.45, 7) is 0.739. The number of carbonyl (C=O) groups excluding carboxylic acids is 1. The standard InChI is InChI=1S/C19H18FN5O2/c20-14-2-5-16(6-3-14)27-18-8-4-15(11-21-18)23-19(26)13-1-7-17-24-22-12-25(17)10-9-13/h2-6,8,11-13H,1,7,9-10H2,(H,23,26). The Morgan fingerprint density at radius 3 is 2.81 bits per heavy atom. The first-order valence-corrected chi connectivity index (χ1v) is 8.74. The Hall–Kier alpha value is -3.29. The Kier molecular flexibility index (Phi) is 4.78. The lowest BCUT2D eigenvalue weighted by molar-refractivity contribution is -0.120. The number of nitrogens with one attached hydrogen (secondary N) is 1. The lowest BCUT2D eigenvalue weighted by Gasteiger charge is -2.14. The molecule has 1 aromatic carbocycles. The molecule has 27 heavy (non-hydrogen) atoms. The van der Waals surface area contributed by atoms with Crippen molar-refractivity contribution in [3.8, 4) is 11.6 Å². The number of hydrogen-bond acceptors (Lipinski definition) is 5. The first-order chi connectivity index (χ1) is 13.2. The van der Waals surface area contributed by atoms with Crippen LogP contribution >= 0.6 is 0 Å². The number of nitrogens with zero attached hydrogens (tertiary/aromatic N) is 4. The zero-order valence-corrected chi connectivity index (χ0v) is 14.5. The van der Waals surface area contributed by atoms with Crippen molar-refractivity contribution in [1.29, 1.82) is 0 Å². The maximum Gasteiger partial charge on any atom is 0.227 e. The van der Waals surface area contributed by atoms with E-state index in [1.54, 1.807) is 24.7 Å². The quantitative estimate of drug-likeness (QED) is 0.766. The van der Waals surface area contributed by atoms with Gasteiger partial charge in [0.1, 0.15) is 23.7 Å². The van der Waals surface area contributed by atoms with Crippen LogP contribution in [0.15, 0.2) is 48.9 Å². The molecule has 1 aliphatic rings. The fourth-order valence-electron chi connectivity index (χ4n) is 3.05. The minimum absolute atomic E-state index is 0.0253. The van der Waals surface area contributed by atoms with Gasteiger partial charge in [-0.05, 0) is 43.2 Å². The van der Waals surface area contributed by atoms with E-state index in [4.69, 9.17) is 4.74 Å². The predicted octanol–water partition coefficient (Wildman–Crippen LogP) is 3.20. The molecular formula is C19H18FN5O2. The molecule has 8 heteroatoms. The lowest BCUT2D eigenvalue weighted by atomic mass is 9.99. The third-order valence-electron chi connectivity index (χ3n) is 4.54. The molecule has 1 aliphatic heterocycles. The molecule has 0 saturated carbocycles. The molecule has 1 amide bonds. The van der Waals surface area contributed by atoms with E-state index in [-0.39, 0.29) is 17.6 Å². The summed E-state index contributed by atoms with van der Waals surface area (Å²) in [5, 5.41) is 10.9. The van der Waals surface area contributed by atoms with E-state index in [1.165, 1.54) is 24.3 Å². The van der Waals surface area contributed by atoms with Gasteiger partial charge >= 0.3 is 0 Å². The molecule has 0 aliphatic carbocycles. The SMILES string of the molecule is O=C(Nc1ccc(Oc2ccc(F)cc2)nc1)C1CCc2nncn2CC1. The average Bonchev–Trinajstić information content (AvgIpc) is 3.03. The third-order valence-corrected chi connectivity index (χ3v) is 4.54. The molecule has 1 atom stereocenters. The largest absolute Gasteiger partial charge is 0.439 e. The molecule has 0 radical (unpaired) electrons. The maximum absolute atomic E-state index is 12.9. The molecule has 1 N–H and O–H groups in total. The molecular weight excluding hydrogens is 349 g/mol. The number of ether oxygens (including phenoxy) is 1. The number of benzene rings is 1. The van der Waals surface area contributed by atoms with Gasteiger partial charge in [0.15, 0.2) is 0 Å². The second-order valence-electron chi connectivity index (χ2n) is 6.40. The van der Waals surface area contributed by atoms with Gasteiger partial charge in [0, 0.05) is 24.9 Å². The van der Waals surface area contributed by atoms with Crippen LogP contribution in [-0.4, -0.2) is 25.7 Å². The number of halogens is 1. The molecule has 0 fully saturated rings. The maximum atomic E-state index is 12.9. The van der Waals surface area contributed by atoms with Gasteiger partial charge in [-0.2, -0.15) is 0 Å². The Bertz CT molecular complexity index is 902. The number of hydrogen-bond donors (Lipinski definition) is 1. The van der Waals surface area contributed by atoms with Crippen molar-refractivity contribution in [1.82, 2.24) is 19.7 Å². The van der Waals surface area contributed by atoms with Gasteiger partial charge in [-0.1, -0.05) is 0 Å². The first-order valence-electron chi connectivity index (χ1n) is 8.74. The molecule has 138 valence electrons. The zero-order chi connectivity index (χ0) is 18.6. The van der Waals surface area contributed by atoms with Crippen molar-refractivity contribution in [3.63, 3.8) is 0 Å². The molecule has 0 spiro atoms. The summed E-state index contributed by atoms with van der Waals surface area (Å²) in [7, 11) is 0. The normalized spacial score (nSPS) is 16.3. The highest BCUT2D eigenvalue weighted by molar-refractivity contribution is 5.92. The molecule has 2 aromatic heterocycles. The van der Waals surface area contributed by atoms with Crippen LogP contribution in [-0.2, 0) is 17.8 Å². The summed E-state index contributed by atoms with van der Waals surface area (Å²) in [5.41, 5.74) is 0.607. The van der Waals surface area contributed by atoms with Gasteiger partial charge < -0.3 is 14.6 Å². The van der Waals surface area contributed by atoms with Crippen LogP contribution in [0.25, 0.3) is 0 Å². The van der Waals surface area contributed by atoms with E-state index in [1.807, 2.05) is 4.57 Å². The van der Waals surface area contributed by atoms with Crippen molar-refractivity contribution in [2.75, 3.05) is 5.32 Å². The Balaban J connectivity index is 1.34. The minimum atomic E-state index is -0.327. The Morgan fingerprint density at radius 1 is 1.19 bits per heavy atom. The summed E-state index contributed by atoms with van der Waals surface area (Å²) in [5.74, 6) is 1.35. The summed E-state index contributed by atoms with van der Waals surface area (Å²) < 4.78 is 20.5. The van der Waals surface area contributed by atoms with Crippen LogP contribution in [0.2, 0.25) is 0 Å². The van der Waals surface area contributed by atoms with Crippen molar-refractivity contribution in [2.24, 2.45) is 5.92 Å². The molecule has 7 nitrogen and oxygen atoms in total. The van der Waals surface area contributed by atoms with Crippen LogP contribution in [0.5, 0.6) is 11.6 Å². The summed E-state index contributed by atoms with van der Waals surface area (Å²) in [6.07, 6.45) is 5.47. The molecule has 4 rings (SSSR count). The topological polar surface area (TPSA) is 81.9 Å². The van der Waals surface area contributed by atoms with E-state index in [0.29, 0.717) is 17.3 Å². The third kappa shape index (κ3) is 4.11. The number of amides is 1. The van der Waals surface area contributed by atoms with E-state index < -0.39 is 0 Å². The van der Waals surface area contributed by atoms with Gasteiger partial charge in [-0.15, -0.1) is 10.2 Å². The zero-order valence-electron chi connectivity index (χ0n) is 14.5. The predicted molar refractivity (Wildman–Crippen MR) is 95.8 cm³/mol. The van der Waals surface area contributed by atoms with Crippen molar-refractivity contribution in [3.05, 3.63) is 60.6 Å². The molecule has 3 aromatic rings. The van der Waals surface area contributed by atoms with Gasteiger partial charge in [0.2, 0.25) is 11.8 Å². The van der Waals surface area contributed by atoms with Crippen LogP contribution in [0.4, 0.5) is 10.1 Å². The van der Waals surface area contributed by atoms with Crippen molar-refractivity contribution in [2.45, 2.75) is 25.8 Å². The van der Waals surface area contributed by atoms with Gasteiger partial charge in [0.05, 0.1) is 11.9 Å². The van der Waals surface area contributed by atoms with Crippen LogP contribution < -0.4 is 10.1 Å². The average molecular weight is 367 g/mol. The highest BCUT2D eigenvalue weighted by atomic mass is 19.1. The number of fused-ring (bicyclic) bond motifs is 1. The molecule has 3 heterocycles. The number of pyridine rings is 1. The van der Waals surface area contributed by atoms with Gasteiger partial charge in [0.25, 0.3) is 0 Å². The van der Waals surface area contributed by atoms with Crippen LogP contribution in [0.3, 0.4) is 0 Å². The van der Waals surface area contributed by atoms with E-state index >= 15 is 0 Å². The van der Waals surface area contributed by atoms with Crippen molar-refractivity contribution >= 4 is 11.6 Å². The number of carbonyl (C=O) groups is 1. The smallest absolute Gasteiger partial charge is 0.227 e. The van der Waals surface area contributed by atoms with E-state index in [0.717, 1.165) is 31.6 Å². The minimum Gasteiger partial charge on any atom is -0.439 e. The molecule has 0 saturated heterocycles. The number of aryl methyl sites for hydroxylation is 2. The second-order valence-corrected chi connectivity index (χ2v) is 6.40. The van der Waals surface area contributed by atoms with Crippen LogP contribution in [0, 0.1) is 11.7 Å². The summed E-state index contributed by atoms with van der Waals surface area (Å²) in [6, 6.07) is 9.08. The molecule has 1 unspecified atom stereocenters. The van der Waals surface area contributed by atoms with Crippen LogP contribution in [0.1, 0.15) is 18.7 Å². The van der Waals surface area contributed by atoms with E-state index in [9.17, 15) is 9.18 Å². The fraction of sp³-hybridized carbons (Fsp3) is 0.263. The second kappa shape index (κ2) is 7.53. The van der Waals surface area contributed by atoms with Crippen molar-refractivity contribution < 1.29 is 13.9 Å². The highest BCUT2D eigenvalue weighted by Gasteiger charge is 2.23. The first kappa shape index (κ1) is 17.1. The molecule has 0 bridgehead atoms.